The summed E-state index contributed by atoms with van der Waals surface area (Å²) in [5.41, 5.74) is 2.45. The number of ether oxygens (including phenoxy) is 2. The van der Waals surface area contributed by atoms with Crippen molar-refractivity contribution in [3.8, 4) is 17.2 Å². The molecule has 6 heteroatoms. The second kappa shape index (κ2) is 7.80. The summed E-state index contributed by atoms with van der Waals surface area (Å²) in [6, 6.07) is 22.3. The van der Waals surface area contributed by atoms with Gasteiger partial charge in [0.05, 0.1) is 19.1 Å². The third-order valence-corrected chi connectivity index (χ3v) is 5.80. The van der Waals surface area contributed by atoms with E-state index in [0.29, 0.717) is 18.0 Å². The third kappa shape index (κ3) is 3.50. The fraction of sp³-hybridized carbons (Fsp3) is 0.200. The highest BCUT2D eigenvalue weighted by atomic mass is 16.5. The molecule has 0 saturated carbocycles. The molecule has 0 bridgehead atoms. The van der Waals surface area contributed by atoms with Crippen LogP contribution in [0.25, 0.3) is 0 Å². The van der Waals surface area contributed by atoms with Crippen molar-refractivity contribution in [3.05, 3.63) is 83.9 Å². The number of amides is 2. The van der Waals surface area contributed by atoms with E-state index in [1.54, 1.807) is 12.0 Å². The molecule has 0 radical (unpaired) electrons. The molecule has 3 aromatic carbocycles. The van der Waals surface area contributed by atoms with Gasteiger partial charge in [-0.25, -0.2) is 0 Å². The lowest BCUT2D eigenvalue weighted by Crippen LogP contribution is -2.40. The average molecular weight is 414 g/mol. The van der Waals surface area contributed by atoms with E-state index in [4.69, 9.17) is 9.47 Å². The first kappa shape index (κ1) is 19.2. The van der Waals surface area contributed by atoms with E-state index in [2.05, 4.69) is 5.32 Å². The molecule has 6 nitrogen and oxygen atoms in total. The molecule has 2 heterocycles. The average Bonchev–Trinajstić information content (AvgIpc) is 3.17. The van der Waals surface area contributed by atoms with Gasteiger partial charge in [-0.1, -0.05) is 36.4 Å². The number of nitrogens with one attached hydrogen (secondary N) is 1. The predicted octanol–water partition coefficient (Wildman–Crippen LogP) is 3.85. The largest absolute Gasteiger partial charge is 0.497 e. The Kier molecular flexibility index (Phi) is 4.82. The van der Waals surface area contributed by atoms with E-state index in [0.717, 1.165) is 22.6 Å². The minimum atomic E-state index is -0.480. The second-order valence-corrected chi connectivity index (χ2v) is 7.72. The second-order valence-electron chi connectivity index (χ2n) is 7.72. The lowest BCUT2D eigenvalue weighted by Gasteiger charge is -2.28. The number of benzene rings is 3. The van der Waals surface area contributed by atoms with Crippen molar-refractivity contribution < 1.29 is 19.1 Å². The van der Waals surface area contributed by atoms with Gasteiger partial charge in [-0.15, -0.1) is 0 Å². The first-order valence-electron chi connectivity index (χ1n) is 10.2. The number of carbonyl (C=O) groups is 2. The van der Waals surface area contributed by atoms with Gasteiger partial charge >= 0.3 is 0 Å². The number of fused-ring (bicyclic) bond motifs is 2. The summed E-state index contributed by atoms with van der Waals surface area (Å²) in [5.74, 6) is 1.48. The number of carbonyl (C=O) groups excluding carboxylic acids is 2. The van der Waals surface area contributed by atoms with Gasteiger partial charge in [-0.3, -0.25) is 9.59 Å². The molecule has 5 rings (SSSR count). The molecule has 1 saturated heterocycles. The Morgan fingerprint density at radius 3 is 2.19 bits per heavy atom. The zero-order valence-electron chi connectivity index (χ0n) is 17.1. The maximum absolute atomic E-state index is 13.4. The normalized spacial score (nSPS) is 17.5. The number of para-hydroxylation sites is 2. The molecule has 156 valence electrons. The lowest BCUT2D eigenvalue weighted by molar-refractivity contribution is -0.122. The molecule has 2 amide bonds. The summed E-state index contributed by atoms with van der Waals surface area (Å²) in [7, 11) is 1.61. The number of hydrogen-bond acceptors (Lipinski definition) is 4. The molecule has 1 unspecified atom stereocenters. The van der Waals surface area contributed by atoms with E-state index < -0.39 is 5.92 Å². The van der Waals surface area contributed by atoms with Crippen LogP contribution in [0.5, 0.6) is 17.2 Å². The Balaban J connectivity index is 1.37. The first-order valence-corrected chi connectivity index (χ1v) is 10.2. The smallest absolute Gasteiger partial charge is 0.232 e. The van der Waals surface area contributed by atoms with Crippen molar-refractivity contribution in [2.45, 2.75) is 18.4 Å². The van der Waals surface area contributed by atoms with Crippen molar-refractivity contribution >= 4 is 17.5 Å². The van der Waals surface area contributed by atoms with Crippen molar-refractivity contribution in [1.29, 1.82) is 0 Å². The minimum Gasteiger partial charge on any atom is -0.497 e. The number of anilines is 1. The Labute approximate surface area is 180 Å². The van der Waals surface area contributed by atoms with Crippen molar-refractivity contribution in [3.63, 3.8) is 0 Å². The molecule has 0 spiro atoms. The van der Waals surface area contributed by atoms with E-state index in [9.17, 15) is 9.59 Å². The van der Waals surface area contributed by atoms with Crippen LogP contribution in [0.2, 0.25) is 0 Å². The summed E-state index contributed by atoms with van der Waals surface area (Å²) in [6.45, 7) is 0.434. The molecular weight excluding hydrogens is 392 g/mol. The number of rotatable bonds is 4. The zero-order valence-corrected chi connectivity index (χ0v) is 17.1. The van der Waals surface area contributed by atoms with Crippen molar-refractivity contribution in [2.24, 2.45) is 0 Å². The highest BCUT2D eigenvalue weighted by molar-refractivity contribution is 5.97. The SMILES string of the molecule is COc1ccc(N2CC(NC(=O)C3c4ccccc4Oc4ccccc43)CC2=O)cc1. The van der Waals surface area contributed by atoms with E-state index >= 15 is 0 Å². The van der Waals surface area contributed by atoms with Gasteiger partial charge in [0.15, 0.2) is 0 Å². The molecule has 31 heavy (non-hydrogen) atoms. The van der Waals surface area contributed by atoms with E-state index in [1.807, 2.05) is 72.8 Å². The predicted molar refractivity (Wildman–Crippen MR) is 117 cm³/mol. The van der Waals surface area contributed by atoms with Crippen LogP contribution in [0.1, 0.15) is 23.5 Å². The molecular formula is C25H22N2O4. The Bertz CT molecular complexity index is 1100. The molecule has 3 aromatic rings. The maximum Gasteiger partial charge on any atom is 0.232 e. The fourth-order valence-electron chi connectivity index (χ4n) is 4.29. The highest BCUT2D eigenvalue weighted by Crippen LogP contribution is 2.44. The highest BCUT2D eigenvalue weighted by Gasteiger charge is 2.36. The van der Waals surface area contributed by atoms with Crippen LogP contribution in [-0.2, 0) is 9.59 Å². The van der Waals surface area contributed by atoms with Gasteiger partial charge in [-0.05, 0) is 36.4 Å². The quantitative estimate of drug-likeness (QED) is 0.704. The maximum atomic E-state index is 13.4. The molecule has 1 N–H and O–H groups in total. The van der Waals surface area contributed by atoms with Gasteiger partial charge in [0, 0.05) is 29.8 Å². The van der Waals surface area contributed by atoms with Gasteiger partial charge in [0.25, 0.3) is 0 Å². The molecule has 0 aliphatic carbocycles. The Morgan fingerprint density at radius 1 is 0.968 bits per heavy atom. The van der Waals surface area contributed by atoms with Gasteiger partial charge in [0.2, 0.25) is 11.8 Å². The lowest BCUT2D eigenvalue weighted by atomic mass is 9.87. The topological polar surface area (TPSA) is 67.9 Å². The van der Waals surface area contributed by atoms with Crippen LogP contribution in [0.4, 0.5) is 5.69 Å². The standard InChI is InChI=1S/C25H22N2O4/c1-30-18-12-10-17(11-13-18)27-15-16(14-23(27)28)26-25(29)24-19-6-2-4-8-21(19)31-22-9-5-3-7-20(22)24/h2-13,16,24H,14-15H2,1H3,(H,26,29). The number of hydrogen-bond donors (Lipinski definition) is 1. The van der Waals surface area contributed by atoms with Crippen molar-refractivity contribution in [1.82, 2.24) is 5.32 Å². The van der Waals surface area contributed by atoms with E-state index in [-0.39, 0.29) is 24.3 Å². The van der Waals surface area contributed by atoms with E-state index in [1.165, 1.54) is 0 Å². The number of nitrogens with zero attached hydrogens (tertiary/aromatic N) is 1. The zero-order chi connectivity index (χ0) is 21.4. The summed E-state index contributed by atoms with van der Waals surface area (Å²) >= 11 is 0. The van der Waals surface area contributed by atoms with Crippen LogP contribution in [0.3, 0.4) is 0 Å². The molecule has 2 aliphatic heterocycles. The van der Waals surface area contributed by atoms with Gasteiger partial charge in [-0.2, -0.15) is 0 Å². The molecule has 1 atom stereocenters. The van der Waals surface area contributed by atoms with Crippen LogP contribution in [0.15, 0.2) is 72.8 Å². The summed E-state index contributed by atoms with van der Waals surface area (Å²) < 4.78 is 11.2. The van der Waals surface area contributed by atoms with Crippen LogP contribution in [-0.4, -0.2) is 31.5 Å². The minimum absolute atomic E-state index is 0.0109. The van der Waals surface area contributed by atoms with Crippen molar-refractivity contribution in [2.75, 3.05) is 18.6 Å². The summed E-state index contributed by atoms with van der Waals surface area (Å²) in [6.07, 6.45) is 0.268. The van der Waals surface area contributed by atoms with Crippen LogP contribution in [0, 0.1) is 0 Å². The first-order chi connectivity index (χ1) is 15.1. The Hall–Kier alpha value is -3.80. The monoisotopic (exact) mass is 414 g/mol. The fourth-order valence-corrected chi connectivity index (χ4v) is 4.29. The van der Waals surface area contributed by atoms with Gasteiger partial charge in [0.1, 0.15) is 17.2 Å². The summed E-state index contributed by atoms with van der Waals surface area (Å²) in [5, 5.41) is 3.10. The van der Waals surface area contributed by atoms with Crippen LogP contribution < -0.4 is 19.7 Å². The molecule has 2 aliphatic rings. The van der Waals surface area contributed by atoms with Crippen LogP contribution >= 0.6 is 0 Å². The molecule has 1 fully saturated rings. The third-order valence-electron chi connectivity index (χ3n) is 5.80. The Morgan fingerprint density at radius 2 is 1.58 bits per heavy atom. The molecule has 0 aromatic heterocycles. The van der Waals surface area contributed by atoms with Gasteiger partial charge < -0.3 is 19.7 Å². The number of methoxy groups -OCH3 is 1. The summed E-state index contributed by atoms with van der Waals surface area (Å²) in [4.78, 5) is 27.7.